The summed E-state index contributed by atoms with van der Waals surface area (Å²) in [7, 11) is 3.24. The highest BCUT2D eigenvalue weighted by atomic mass is 16.6. The van der Waals surface area contributed by atoms with E-state index in [9.17, 15) is 19.2 Å². The van der Waals surface area contributed by atoms with E-state index in [1.165, 1.54) is 5.56 Å². The molecule has 0 bridgehead atoms. The Bertz CT molecular complexity index is 2610. The lowest BCUT2D eigenvalue weighted by atomic mass is 10.1. The Morgan fingerprint density at radius 3 is 1.79 bits per heavy atom. The molecule has 3 aromatic carbocycles. The van der Waals surface area contributed by atoms with Crippen molar-refractivity contribution in [3.05, 3.63) is 104 Å². The van der Waals surface area contributed by atoms with E-state index in [1.807, 2.05) is 76.2 Å². The Morgan fingerprint density at radius 2 is 1.21 bits per heavy atom. The largest absolute Gasteiger partial charge is 0.497 e. The summed E-state index contributed by atoms with van der Waals surface area (Å²) in [5.74, 6) is 2.58. The Hall–Kier alpha value is -5.94. The number of aryl methyl sites for hydroxylation is 2. The third-order valence-electron chi connectivity index (χ3n) is 12.6. The van der Waals surface area contributed by atoms with Crippen LogP contribution in [0.15, 0.2) is 76.3 Å². The summed E-state index contributed by atoms with van der Waals surface area (Å²) < 4.78 is 36.3. The van der Waals surface area contributed by atoms with Crippen molar-refractivity contribution in [2.45, 2.75) is 59.3 Å². The molecular formula is C50H64N6O10. The van der Waals surface area contributed by atoms with Crippen molar-refractivity contribution >= 4 is 33.7 Å². The van der Waals surface area contributed by atoms with Gasteiger partial charge in [-0.15, -0.1) is 0 Å². The lowest BCUT2D eigenvalue weighted by Gasteiger charge is -2.40. The van der Waals surface area contributed by atoms with Crippen LogP contribution in [0.5, 0.6) is 23.0 Å². The fraction of sp³-hybridized carbons (Fsp3) is 0.480. The van der Waals surface area contributed by atoms with Gasteiger partial charge in [-0.2, -0.15) is 0 Å². The number of ether oxygens (including phenoxy) is 6. The van der Waals surface area contributed by atoms with Gasteiger partial charge in [0, 0.05) is 107 Å². The van der Waals surface area contributed by atoms with Crippen molar-refractivity contribution in [3.8, 4) is 23.0 Å². The SMILES string of the molecule is CCOC(=O)C1CN(CCc2ccc3c(c2)OCCO3)CCN1CCn1c(=O)cc(C)c2ccc(OC)cc21.CCOC(=O)C1CNCCN1CCn1c(=O)cc(C)c2ccc(OC)cc21. The number of hydrogen-bond donors (Lipinski definition) is 1. The quantitative estimate of drug-likeness (QED) is 0.150. The van der Waals surface area contributed by atoms with Crippen LogP contribution >= 0.6 is 0 Å². The standard InChI is InChI=1S/C30H37N3O6.C20H27N3O4/c1-4-37-30(35)26-20-31(10-9-22-5-8-27-28(18-22)39-16-15-38-27)11-12-32(26)13-14-33-25-19-23(36-3)6-7-24(25)21(2)17-29(33)34;1-4-27-20(25)18-13-21-7-8-22(18)9-10-23-17-12-15(26-3)5-6-16(17)14(2)11-19(23)24/h5-8,17-19,26H,4,9-16,20H2,1-3H3;5-6,11-12,18,21H,4,7-10,13H2,1-3H3. The molecule has 8 rings (SSSR count). The number of nitrogens with zero attached hydrogens (tertiary/aromatic N) is 5. The maximum atomic E-state index is 13.0. The summed E-state index contributed by atoms with van der Waals surface area (Å²) in [6, 6.07) is 20.3. The second-order valence-electron chi connectivity index (χ2n) is 16.7. The lowest BCUT2D eigenvalue weighted by molar-refractivity contribution is -0.152. The zero-order valence-corrected chi connectivity index (χ0v) is 39.1. The average molecular weight is 909 g/mol. The summed E-state index contributed by atoms with van der Waals surface area (Å²) in [4.78, 5) is 57.4. The van der Waals surface area contributed by atoms with Crippen LogP contribution in [0.4, 0.5) is 0 Å². The molecule has 3 aliphatic rings. The third kappa shape index (κ3) is 11.3. The molecule has 5 heterocycles. The molecule has 2 saturated heterocycles. The second kappa shape index (κ2) is 22.5. The zero-order valence-electron chi connectivity index (χ0n) is 39.1. The first kappa shape index (κ1) is 48.0. The van der Waals surface area contributed by atoms with Crippen molar-refractivity contribution in [1.82, 2.24) is 29.2 Å². The molecule has 0 aliphatic carbocycles. The predicted molar refractivity (Wildman–Crippen MR) is 253 cm³/mol. The molecule has 2 fully saturated rings. The van der Waals surface area contributed by atoms with Crippen molar-refractivity contribution in [2.24, 2.45) is 0 Å². The molecule has 0 amide bonds. The predicted octanol–water partition coefficient (Wildman–Crippen LogP) is 4.04. The van der Waals surface area contributed by atoms with Gasteiger partial charge in [-0.25, -0.2) is 0 Å². The highest BCUT2D eigenvalue weighted by molar-refractivity contribution is 5.84. The Kier molecular flexibility index (Phi) is 16.4. The molecule has 66 heavy (non-hydrogen) atoms. The Morgan fingerprint density at radius 1 is 0.652 bits per heavy atom. The monoisotopic (exact) mass is 908 g/mol. The van der Waals surface area contributed by atoms with Crippen LogP contribution in [0.2, 0.25) is 0 Å². The topological polar surface area (TPSA) is 155 Å². The van der Waals surface area contributed by atoms with Crippen molar-refractivity contribution in [3.63, 3.8) is 0 Å². The van der Waals surface area contributed by atoms with Gasteiger partial charge in [0.25, 0.3) is 11.1 Å². The van der Waals surface area contributed by atoms with E-state index in [4.69, 9.17) is 28.4 Å². The number of rotatable bonds is 15. The maximum absolute atomic E-state index is 13.0. The van der Waals surface area contributed by atoms with Gasteiger partial charge < -0.3 is 42.9 Å². The molecular weight excluding hydrogens is 845 g/mol. The molecule has 2 atom stereocenters. The molecule has 3 aliphatic heterocycles. The van der Waals surface area contributed by atoms with E-state index in [0.717, 1.165) is 77.0 Å². The molecule has 354 valence electrons. The summed E-state index contributed by atoms with van der Waals surface area (Å²) in [6.45, 7) is 16.6. The first-order valence-electron chi connectivity index (χ1n) is 23.0. The first-order chi connectivity index (χ1) is 32.0. The van der Waals surface area contributed by atoms with Gasteiger partial charge in [0.05, 0.1) is 38.5 Å². The molecule has 1 N–H and O–H groups in total. The number of nitrogens with one attached hydrogen (secondary N) is 1. The van der Waals surface area contributed by atoms with E-state index in [2.05, 4.69) is 26.1 Å². The van der Waals surface area contributed by atoms with E-state index in [1.54, 1.807) is 35.5 Å². The van der Waals surface area contributed by atoms with Crippen LogP contribution < -0.4 is 35.4 Å². The van der Waals surface area contributed by atoms with Crippen LogP contribution in [0.1, 0.15) is 30.5 Å². The van der Waals surface area contributed by atoms with Gasteiger partial charge in [-0.3, -0.25) is 33.9 Å². The number of fused-ring (bicyclic) bond motifs is 3. The number of aromatic nitrogens is 2. The van der Waals surface area contributed by atoms with Gasteiger partial charge in [-0.1, -0.05) is 6.07 Å². The minimum atomic E-state index is -0.388. The van der Waals surface area contributed by atoms with Crippen molar-refractivity contribution in [2.75, 3.05) is 99.5 Å². The van der Waals surface area contributed by atoms with Crippen LogP contribution in [-0.2, 0) is 38.6 Å². The average Bonchev–Trinajstić information content (AvgIpc) is 3.33. The number of pyridine rings is 2. The van der Waals surface area contributed by atoms with E-state index >= 15 is 0 Å². The number of carbonyl (C=O) groups is 2. The number of hydrogen-bond acceptors (Lipinski definition) is 14. The molecule has 0 saturated carbocycles. The fourth-order valence-electron chi connectivity index (χ4n) is 9.05. The van der Waals surface area contributed by atoms with Crippen LogP contribution in [0.25, 0.3) is 21.8 Å². The van der Waals surface area contributed by atoms with E-state index in [-0.39, 0.29) is 35.1 Å². The maximum Gasteiger partial charge on any atom is 0.324 e. The third-order valence-corrected chi connectivity index (χ3v) is 12.6. The molecule has 16 nitrogen and oxygen atoms in total. The summed E-state index contributed by atoms with van der Waals surface area (Å²) in [5.41, 5.74) is 4.64. The van der Waals surface area contributed by atoms with Crippen molar-refractivity contribution < 1.29 is 38.0 Å². The van der Waals surface area contributed by atoms with Gasteiger partial charge in [0.2, 0.25) is 0 Å². The second-order valence-corrected chi connectivity index (χ2v) is 16.7. The highest BCUT2D eigenvalue weighted by Crippen LogP contribution is 2.31. The number of carbonyl (C=O) groups excluding carboxylic acids is 2. The van der Waals surface area contributed by atoms with Gasteiger partial charge in [0.15, 0.2) is 11.5 Å². The molecule has 0 radical (unpaired) electrons. The molecule has 16 heteroatoms. The smallest absolute Gasteiger partial charge is 0.324 e. The highest BCUT2D eigenvalue weighted by Gasteiger charge is 2.34. The minimum Gasteiger partial charge on any atom is -0.497 e. The van der Waals surface area contributed by atoms with E-state index in [0.29, 0.717) is 83.7 Å². The molecule has 2 unspecified atom stereocenters. The zero-order chi connectivity index (χ0) is 46.7. The summed E-state index contributed by atoms with van der Waals surface area (Å²) >= 11 is 0. The number of esters is 2. The normalized spacial score (nSPS) is 17.8. The van der Waals surface area contributed by atoms with Gasteiger partial charge >= 0.3 is 11.9 Å². The lowest BCUT2D eigenvalue weighted by Crippen LogP contribution is -2.57. The van der Waals surface area contributed by atoms with Crippen LogP contribution in [0, 0.1) is 13.8 Å². The van der Waals surface area contributed by atoms with Crippen LogP contribution in [0.3, 0.4) is 0 Å². The van der Waals surface area contributed by atoms with E-state index < -0.39 is 0 Å². The fourth-order valence-corrected chi connectivity index (χ4v) is 9.05. The Labute approximate surface area is 385 Å². The Balaban J connectivity index is 0.000000210. The van der Waals surface area contributed by atoms with Crippen molar-refractivity contribution in [1.29, 1.82) is 0 Å². The molecule has 0 spiro atoms. The molecule has 2 aromatic heterocycles. The number of benzene rings is 3. The number of piperazine rings is 2. The van der Waals surface area contributed by atoms with Crippen LogP contribution in [-0.4, -0.2) is 147 Å². The summed E-state index contributed by atoms with van der Waals surface area (Å²) in [6.07, 6.45) is 0.846. The van der Waals surface area contributed by atoms with Gasteiger partial charge in [0.1, 0.15) is 36.8 Å². The minimum absolute atomic E-state index is 0.0453. The number of methoxy groups -OCH3 is 2. The summed E-state index contributed by atoms with van der Waals surface area (Å²) in [5, 5.41) is 5.28. The molecule has 5 aromatic rings. The first-order valence-corrected chi connectivity index (χ1v) is 23.0. The van der Waals surface area contributed by atoms with Gasteiger partial charge in [-0.05, 0) is 87.2 Å².